The van der Waals surface area contributed by atoms with Gasteiger partial charge >= 0.3 is 0 Å². The van der Waals surface area contributed by atoms with Crippen LogP contribution in [0, 0.1) is 13.8 Å². The summed E-state index contributed by atoms with van der Waals surface area (Å²) in [6, 6.07) is 5.22. The molecular weight excluding hydrogens is 302 g/mol. The van der Waals surface area contributed by atoms with E-state index in [1.807, 2.05) is 19.1 Å². The monoisotopic (exact) mass is 321 g/mol. The van der Waals surface area contributed by atoms with E-state index in [4.69, 9.17) is 4.42 Å². The molecule has 1 atom stereocenters. The van der Waals surface area contributed by atoms with Gasteiger partial charge < -0.3 is 14.7 Å². The number of nitrogens with zero attached hydrogens (tertiary/aromatic N) is 1. The van der Waals surface area contributed by atoms with Gasteiger partial charge in [-0.05, 0) is 32.9 Å². The van der Waals surface area contributed by atoms with Gasteiger partial charge in [0.05, 0.1) is 5.25 Å². The average Bonchev–Trinajstić information content (AvgIpc) is 2.83. The SMILES string of the molecule is Cc1cc(=O)[nH]c(S[C@H](C)C(=O)NCCc2ccc(C)o2)n1. The Labute approximate surface area is 132 Å². The second kappa shape index (κ2) is 7.31. The first kappa shape index (κ1) is 16.4. The summed E-state index contributed by atoms with van der Waals surface area (Å²) in [6.45, 7) is 5.92. The van der Waals surface area contributed by atoms with E-state index in [9.17, 15) is 9.59 Å². The Kier molecular flexibility index (Phi) is 5.43. The predicted octanol–water partition coefficient (Wildman–Crippen LogP) is 1.82. The number of nitrogens with one attached hydrogen (secondary N) is 2. The van der Waals surface area contributed by atoms with E-state index >= 15 is 0 Å². The Hall–Kier alpha value is -2.02. The molecule has 22 heavy (non-hydrogen) atoms. The van der Waals surface area contributed by atoms with Crippen molar-refractivity contribution in [1.82, 2.24) is 15.3 Å². The van der Waals surface area contributed by atoms with Crippen LogP contribution >= 0.6 is 11.8 Å². The van der Waals surface area contributed by atoms with Crippen molar-refractivity contribution in [1.29, 1.82) is 0 Å². The van der Waals surface area contributed by atoms with Crippen molar-refractivity contribution in [3.8, 4) is 0 Å². The number of rotatable bonds is 6. The number of aromatic nitrogens is 2. The average molecular weight is 321 g/mol. The van der Waals surface area contributed by atoms with Crippen LogP contribution in [0.2, 0.25) is 0 Å². The first-order valence-corrected chi connectivity index (χ1v) is 7.89. The van der Waals surface area contributed by atoms with Gasteiger partial charge in [0.25, 0.3) is 5.56 Å². The summed E-state index contributed by atoms with van der Waals surface area (Å²) in [6.07, 6.45) is 0.649. The van der Waals surface area contributed by atoms with E-state index < -0.39 is 0 Å². The number of H-pyrrole nitrogens is 1. The van der Waals surface area contributed by atoms with Crippen LogP contribution < -0.4 is 10.9 Å². The number of amides is 1. The molecule has 6 nitrogen and oxygen atoms in total. The zero-order valence-corrected chi connectivity index (χ0v) is 13.6. The fraction of sp³-hybridized carbons (Fsp3) is 0.400. The van der Waals surface area contributed by atoms with Crippen molar-refractivity contribution in [2.75, 3.05) is 6.54 Å². The number of carbonyl (C=O) groups is 1. The highest BCUT2D eigenvalue weighted by Gasteiger charge is 2.15. The molecule has 0 spiro atoms. The molecule has 0 aromatic carbocycles. The Balaban J connectivity index is 1.82. The molecule has 0 aliphatic rings. The van der Waals surface area contributed by atoms with E-state index in [-0.39, 0.29) is 16.7 Å². The highest BCUT2D eigenvalue weighted by molar-refractivity contribution is 8.00. The quantitative estimate of drug-likeness (QED) is 0.626. The molecule has 2 aromatic rings. The number of aryl methyl sites for hydroxylation is 2. The second-order valence-electron chi connectivity index (χ2n) is 5.01. The standard InChI is InChI=1S/C15H19N3O3S/c1-9-8-13(19)18-15(17-9)22-11(3)14(20)16-7-6-12-5-4-10(2)21-12/h4-5,8,11H,6-7H2,1-3H3,(H,16,20)(H,17,18,19)/t11-/m1/s1. The van der Waals surface area contributed by atoms with Gasteiger partial charge in [0.2, 0.25) is 5.91 Å². The summed E-state index contributed by atoms with van der Waals surface area (Å²) in [5.41, 5.74) is 0.419. The van der Waals surface area contributed by atoms with Crippen molar-refractivity contribution < 1.29 is 9.21 Å². The number of aromatic amines is 1. The minimum Gasteiger partial charge on any atom is -0.466 e. The molecule has 7 heteroatoms. The lowest BCUT2D eigenvalue weighted by Gasteiger charge is -2.11. The Morgan fingerprint density at radius 2 is 2.23 bits per heavy atom. The molecule has 2 aromatic heterocycles. The first-order chi connectivity index (χ1) is 10.4. The maximum absolute atomic E-state index is 12.0. The predicted molar refractivity (Wildman–Crippen MR) is 85.1 cm³/mol. The molecule has 118 valence electrons. The Bertz CT molecular complexity index is 708. The Morgan fingerprint density at radius 1 is 1.45 bits per heavy atom. The maximum Gasteiger partial charge on any atom is 0.251 e. The van der Waals surface area contributed by atoms with Crippen LogP contribution in [0.4, 0.5) is 0 Å². The van der Waals surface area contributed by atoms with Gasteiger partial charge in [-0.25, -0.2) is 4.98 Å². The number of carbonyl (C=O) groups excluding carboxylic acids is 1. The summed E-state index contributed by atoms with van der Waals surface area (Å²) in [5, 5.41) is 2.96. The fourth-order valence-corrected chi connectivity index (χ4v) is 2.78. The molecule has 0 aliphatic heterocycles. The van der Waals surface area contributed by atoms with Gasteiger partial charge in [-0.1, -0.05) is 11.8 Å². The van der Waals surface area contributed by atoms with Crippen molar-refractivity contribution in [3.63, 3.8) is 0 Å². The molecule has 2 heterocycles. The number of hydrogen-bond acceptors (Lipinski definition) is 5. The zero-order chi connectivity index (χ0) is 16.1. The van der Waals surface area contributed by atoms with E-state index in [0.29, 0.717) is 23.8 Å². The maximum atomic E-state index is 12.0. The van der Waals surface area contributed by atoms with Gasteiger partial charge in [-0.3, -0.25) is 9.59 Å². The largest absolute Gasteiger partial charge is 0.466 e. The number of furan rings is 1. The summed E-state index contributed by atoms with van der Waals surface area (Å²) in [5.74, 6) is 1.61. The second-order valence-corrected chi connectivity index (χ2v) is 6.33. The molecular formula is C15H19N3O3S. The zero-order valence-electron chi connectivity index (χ0n) is 12.8. The Morgan fingerprint density at radius 3 is 2.86 bits per heavy atom. The molecule has 1 amide bonds. The van der Waals surface area contributed by atoms with Crippen LogP contribution in [-0.2, 0) is 11.2 Å². The lowest BCUT2D eigenvalue weighted by molar-refractivity contribution is -0.120. The third kappa shape index (κ3) is 4.77. The summed E-state index contributed by atoms with van der Waals surface area (Å²) in [4.78, 5) is 30.2. The molecule has 2 rings (SSSR count). The van der Waals surface area contributed by atoms with Crippen molar-refractivity contribution in [2.45, 2.75) is 37.6 Å². The molecule has 2 N–H and O–H groups in total. The molecule has 0 unspecified atom stereocenters. The molecule has 0 fully saturated rings. The summed E-state index contributed by atoms with van der Waals surface area (Å²) >= 11 is 1.23. The van der Waals surface area contributed by atoms with E-state index in [0.717, 1.165) is 11.5 Å². The normalized spacial score (nSPS) is 12.1. The topological polar surface area (TPSA) is 88.0 Å². The highest BCUT2D eigenvalue weighted by atomic mass is 32.2. The molecule has 0 saturated heterocycles. The van der Waals surface area contributed by atoms with Crippen LogP contribution in [0.5, 0.6) is 0 Å². The van der Waals surface area contributed by atoms with Crippen LogP contribution in [0.1, 0.15) is 24.1 Å². The van der Waals surface area contributed by atoms with Gasteiger partial charge in [-0.2, -0.15) is 0 Å². The van der Waals surface area contributed by atoms with Crippen LogP contribution in [0.25, 0.3) is 0 Å². The third-order valence-electron chi connectivity index (χ3n) is 2.97. The lowest BCUT2D eigenvalue weighted by Crippen LogP contribution is -2.32. The van der Waals surface area contributed by atoms with Gasteiger partial charge in [0.1, 0.15) is 11.5 Å². The van der Waals surface area contributed by atoms with Gasteiger partial charge in [-0.15, -0.1) is 0 Å². The summed E-state index contributed by atoms with van der Waals surface area (Å²) in [7, 11) is 0. The first-order valence-electron chi connectivity index (χ1n) is 7.01. The molecule has 0 saturated carbocycles. The van der Waals surface area contributed by atoms with Crippen molar-refractivity contribution >= 4 is 17.7 Å². The van der Waals surface area contributed by atoms with Crippen LogP contribution in [-0.4, -0.2) is 27.7 Å². The van der Waals surface area contributed by atoms with Crippen molar-refractivity contribution in [3.05, 3.63) is 45.8 Å². The lowest BCUT2D eigenvalue weighted by atomic mass is 10.3. The van der Waals surface area contributed by atoms with Gasteiger partial charge in [0.15, 0.2) is 5.16 Å². The number of thioether (sulfide) groups is 1. The molecule has 0 radical (unpaired) electrons. The molecule has 0 aliphatic carbocycles. The van der Waals surface area contributed by atoms with E-state index in [2.05, 4.69) is 15.3 Å². The minimum absolute atomic E-state index is 0.0996. The van der Waals surface area contributed by atoms with E-state index in [1.165, 1.54) is 17.8 Å². The third-order valence-corrected chi connectivity index (χ3v) is 3.96. The fourth-order valence-electron chi connectivity index (χ4n) is 1.90. The van der Waals surface area contributed by atoms with Crippen LogP contribution in [0.3, 0.4) is 0 Å². The smallest absolute Gasteiger partial charge is 0.251 e. The molecule has 0 bridgehead atoms. The van der Waals surface area contributed by atoms with Crippen molar-refractivity contribution in [2.24, 2.45) is 0 Å². The minimum atomic E-state index is -0.344. The van der Waals surface area contributed by atoms with E-state index in [1.54, 1.807) is 13.8 Å². The highest BCUT2D eigenvalue weighted by Crippen LogP contribution is 2.18. The van der Waals surface area contributed by atoms with Gasteiger partial charge in [0, 0.05) is 24.7 Å². The summed E-state index contributed by atoms with van der Waals surface area (Å²) < 4.78 is 5.44. The van der Waals surface area contributed by atoms with Crippen LogP contribution in [0.15, 0.2) is 32.6 Å². The number of hydrogen-bond donors (Lipinski definition) is 2.